The van der Waals surface area contributed by atoms with E-state index in [1.54, 1.807) is 11.4 Å². The monoisotopic (exact) mass is 279 g/mol. The van der Waals surface area contributed by atoms with Gasteiger partial charge in [-0.05, 0) is 6.07 Å². The Labute approximate surface area is 112 Å². The first kappa shape index (κ1) is 13.0. The summed E-state index contributed by atoms with van der Waals surface area (Å²) in [5, 5.41) is 12.3. The fourth-order valence-corrected chi connectivity index (χ4v) is 2.04. The topological polar surface area (TPSA) is 78.7 Å². The molecule has 0 atom stereocenters. The van der Waals surface area contributed by atoms with Crippen molar-refractivity contribution in [2.75, 3.05) is 7.11 Å². The lowest BCUT2D eigenvalue weighted by Crippen LogP contribution is -1.93. The zero-order chi connectivity index (χ0) is 13.8. The van der Waals surface area contributed by atoms with E-state index in [0.29, 0.717) is 16.4 Å². The number of carbonyl (C=O) groups excluding carboxylic acids is 1. The van der Waals surface area contributed by atoms with Crippen LogP contribution in [0.3, 0.4) is 0 Å². The van der Waals surface area contributed by atoms with Gasteiger partial charge in [0.15, 0.2) is 17.8 Å². The van der Waals surface area contributed by atoms with Crippen molar-refractivity contribution in [3.05, 3.63) is 44.6 Å². The molecule has 98 valence electrons. The average Bonchev–Trinajstić information content (AvgIpc) is 2.86. The number of carbonyl (C=O) groups is 1. The Hall–Kier alpha value is -2.41. The minimum absolute atomic E-state index is 0.0805. The van der Waals surface area contributed by atoms with E-state index in [0.717, 1.165) is 6.29 Å². The standard InChI is InChI=1S/C12H9NO5S/c1-17-12-4-8(13(15)16)2-3-11(12)18-9-5-10(6-14)19-7-9/h2-7H,1H3. The van der Waals surface area contributed by atoms with E-state index in [1.165, 1.54) is 36.6 Å². The molecule has 1 aromatic heterocycles. The molecule has 0 aliphatic heterocycles. The van der Waals surface area contributed by atoms with E-state index < -0.39 is 4.92 Å². The molecule has 0 spiro atoms. The second kappa shape index (κ2) is 5.49. The highest BCUT2D eigenvalue weighted by molar-refractivity contribution is 7.11. The molecule has 0 amide bonds. The number of rotatable bonds is 5. The fraction of sp³-hybridized carbons (Fsp3) is 0.0833. The zero-order valence-electron chi connectivity index (χ0n) is 9.86. The lowest BCUT2D eigenvalue weighted by molar-refractivity contribution is -0.384. The number of nitrogens with zero attached hydrogens (tertiary/aromatic N) is 1. The SMILES string of the molecule is COc1cc([N+](=O)[O-])ccc1Oc1csc(C=O)c1. The maximum atomic E-state index is 10.7. The van der Waals surface area contributed by atoms with Crippen molar-refractivity contribution in [2.24, 2.45) is 0 Å². The highest BCUT2D eigenvalue weighted by atomic mass is 32.1. The number of hydrogen-bond acceptors (Lipinski definition) is 6. The molecule has 0 N–H and O–H groups in total. The van der Waals surface area contributed by atoms with Gasteiger partial charge >= 0.3 is 0 Å². The molecule has 0 saturated carbocycles. The highest BCUT2D eigenvalue weighted by Crippen LogP contribution is 2.35. The first-order valence-corrected chi connectivity index (χ1v) is 6.06. The predicted molar refractivity (Wildman–Crippen MR) is 69.4 cm³/mol. The molecule has 0 aliphatic rings. The van der Waals surface area contributed by atoms with E-state index in [1.807, 2.05) is 0 Å². The minimum atomic E-state index is -0.513. The van der Waals surface area contributed by atoms with Crippen LogP contribution in [0.5, 0.6) is 17.2 Å². The third kappa shape index (κ3) is 2.89. The van der Waals surface area contributed by atoms with Gasteiger partial charge < -0.3 is 9.47 Å². The van der Waals surface area contributed by atoms with Gasteiger partial charge in [0.25, 0.3) is 5.69 Å². The summed E-state index contributed by atoms with van der Waals surface area (Å²) in [6.07, 6.45) is 0.727. The summed E-state index contributed by atoms with van der Waals surface area (Å²) in [6, 6.07) is 5.64. The van der Waals surface area contributed by atoms with Gasteiger partial charge in [-0.15, -0.1) is 11.3 Å². The predicted octanol–water partition coefficient (Wildman–Crippen LogP) is 3.27. The number of non-ortho nitro benzene ring substituents is 1. The van der Waals surface area contributed by atoms with Gasteiger partial charge in [0.05, 0.1) is 23.0 Å². The second-order valence-corrected chi connectivity index (χ2v) is 4.44. The molecule has 0 unspecified atom stereocenters. The Morgan fingerprint density at radius 2 is 2.11 bits per heavy atom. The Kier molecular flexibility index (Phi) is 3.76. The quantitative estimate of drug-likeness (QED) is 0.477. The summed E-state index contributed by atoms with van der Waals surface area (Å²) >= 11 is 1.25. The van der Waals surface area contributed by atoms with Gasteiger partial charge in [-0.1, -0.05) is 0 Å². The number of thiophene rings is 1. The van der Waals surface area contributed by atoms with Gasteiger partial charge in [-0.2, -0.15) is 0 Å². The fourth-order valence-electron chi connectivity index (χ4n) is 1.43. The average molecular weight is 279 g/mol. The van der Waals surface area contributed by atoms with Crippen molar-refractivity contribution in [3.63, 3.8) is 0 Å². The molecule has 2 rings (SSSR count). The highest BCUT2D eigenvalue weighted by Gasteiger charge is 2.13. The Morgan fingerprint density at radius 3 is 2.68 bits per heavy atom. The third-order valence-electron chi connectivity index (χ3n) is 2.30. The minimum Gasteiger partial charge on any atom is -0.493 e. The lowest BCUT2D eigenvalue weighted by atomic mass is 10.3. The van der Waals surface area contributed by atoms with E-state index in [-0.39, 0.29) is 11.4 Å². The normalized spacial score (nSPS) is 9.95. The van der Waals surface area contributed by atoms with Crippen LogP contribution in [0.15, 0.2) is 29.6 Å². The Morgan fingerprint density at radius 1 is 1.32 bits per heavy atom. The number of nitro benzene ring substituents is 1. The first-order chi connectivity index (χ1) is 9.13. The number of nitro groups is 1. The van der Waals surface area contributed by atoms with Crippen LogP contribution >= 0.6 is 11.3 Å². The summed E-state index contributed by atoms with van der Waals surface area (Å²) in [4.78, 5) is 21.2. The number of benzene rings is 1. The molecular formula is C12H9NO5S. The van der Waals surface area contributed by atoms with Crippen molar-refractivity contribution in [1.29, 1.82) is 0 Å². The van der Waals surface area contributed by atoms with Crippen molar-refractivity contribution >= 4 is 23.3 Å². The number of hydrogen-bond donors (Lipinski definition) is 0. The van der Waals surface area contributed by atoms with Crippen LogP contribution < -0.4 is 9.47 Å². The van der Waals surface area contributed by atoms with E-state index in [9.17, 15) is 14.9 Å². The van der Waals surface area contributed by atoms with Gasteiger partial charge in [0.1, 0.15) is 5.75 Å². The maximum absolute atomic E-state index is 10.7. The number of ether oxygens (including phenoxy) is 2. The van der Waals surface area contributed by atoms with Crippen LogP contribution in [0.25, 0.3) is 0 Å². The van der Waals surface area contributed by atoms with Gasteiger partial charge in [0.2, 0.25) is 0 Å². The molecule has 0 bridgehead atoms. The summed E-state index contributed by atoms with van der Waals surface area (Å²) in [7, 11) is 1.40. The van der Waals surface area contributed by atoms with Crippen LogP contribution in [0, 0.1) is 10.1 Å². The summed E-state index contributed by atoms with van der Waals surface area (Å²) < 4.78 is 10.6. The van der Waals surface area contributed by atoms with Crippen molar-refractivity contribution in [2.45, 2.75) is 0 Å². The molecule has 2 aromatic rings. The van der Waals surface area contributed by atoms with Crippen LogP contribution in [0.1, 0.15) is 9.67 Å². The van der Waals surface area contributed by atoms with Crippen LogP contribution in [0.4, 0.5) is 5.69 Å². The van der Waals surface area contributed by atoms with E-state index in [2.05, 4.69) is 0 Å². The molecule has 0 saturated heterocycles. The molecule has 1 aromatic carbocycles. The molecular weight excluding hydrogens is 270 g/mol. The van der Waals surface area contributed by atoms with Crippen molar-refractivity contribution in [1.82, 2.24) is 0 Å². The molecule has 0 radical (unpaired) electrons. The van der Waals surface area contributed by atoms with Crippen LogP contribution in [0.2, 0.25) is 0 Å². The Bertz CT molecular complexity index is 622. The summed E-state index contributed by atoms with van der Waals surface area (Å²) in [5.41, 5.74) is -0.0805. The number of methoxy groups -OCH3 is 1. The van der Waals surface area contributed by atoms with Crippen molar-refractivity contribution in [3.8, 4) is 17.2 Å². The number of aldehydes is 1. The summed E-state index contributed by atoms with van der Waals surface area (Å²) in [5.74, 6) is 1.09. The molecule has 19 heavy (non-hydrogen) atoms. The molecule has 0 aliphatic carbocycles. The third-order valence-corrected chi connectivity index (χ3v) is 3.13. The smallest absolute Gasteiger partial charge is 0.273 e. The molecule has 1 heterocycles. The van der Waals surface area contributed by atoms with Crippen LogP contribution in [-0.4, -0.2) is 18.3 Å². The molecule has 0 fully saturated rings. The Balaban J connectivity index is 2.29. The first-order valence-electron chi connectivity index (χ1n) is 5.18. The van der Waals surface area contributed by atoms with E-state index >= 15 is 0 Å². The van der Waals surface area contributed by atoms with E-state index in [4.69, 9.17) is 9.47 Å². The van der Waals surface area contributed by atoms with Crippen molar-refractivity contribution < 1.29 is 19.2 Å². The van der Waals surface area contributed by atoms with Crippen LogP contribution in [-0.2, 0) is 0 Å². The largest absolute Gasteiger partial charge is 0.493 e. The molecule has 6 nitrogen and oxygen atoms in total. The lowest BCUT2D eigenvalue weighted by Gasteiger charge is -2.08. The summed E-state index contributed by atoms with van der Waals surface area (Å²) in [6.45, 7) is 0. The van der Waals surface area contributed by atoms with Gasteiger partial charge in [0, 0.05) is 17.5 Å². The molecule has 7 heteroatoms. The second-order valence-electron chi connectivity index (χ2n) is 3.50. The van der Waals surface area contributed by atoms with Gasteiger partial charge in [-0.25, -0.2) is 0 Å². The zero-order valence-corrected chi connectivity index (χ0v) is 10.7. The van der Waals surface area contributed by atoms with Gasteiger partial charge in [-0.3, -0.25) is 14.9 Å². The maximum Gasteiger partial charge on any atom is 0.273 e.